The molecule has 4 heterocycles. The van der Waals surface area contributed by atoms with Gasteiger partial charge in [-0.2, -0.15) is 0 Å². The average molecular weight is 480 g/mol. The van der Waals surface area contributed by atoms with Gasteiger partial charge in [0.05, 0.1) is 23.5 Å². The number of ether oxygens (including phenoxy) is 1. The summed E-state index contributed by atoms with van der Waals surface area (Å²) in [5, 5.41) is 9.96. The van der Waals surface area contributed by atoms with Crippen LogP contribution in [0.3, 0.4) is 0 Å². The Morgan fingerprint density at radius 3 is 2.88 bits per heavy atom. The molecule has 2 fully saturated rings. The molecule has 1 aliphatic carbocycles. The Balaban J connectivity index is 1.26. The molecule has 4 aliphatic rings. The summed E-state index contributed by atoms with van der Waals surface area (Å²) in [4.78, 5) is 32.8. The normalized spacial score (nSPS) is 26.2. The SMILES string of the molecule is O=C(NC1CCCNC1)[C@@H]1Sc2nccc3c2C1NC(=O)N3c1cccc(OC2CCCC2)c1. The lowest BCUT2D eigenvalue weighted by atomic mass is 9.99. The van der Waals surface area contributed by atoms with Gasteiger partial charge in [0.25, 0.3) is 0 Å². The number of thioether (sulfide) groups is 1. The van der Waals surface area contributed by atoms with E-state index in [1.54, 1.807) is 11.1 Å². The first-order valence-electron chi connectivity index (χ1n) is 12.2. The van der Waals surface area contributed by atoms with E-state index in [1.165, 1.54) is 24.6 Å². The minimum atomic E-state index is -0.436. The maximum Gasteiger partial charge on any atom is 0.327 e. The summed E-state index contributed by atoms with van der Waals surface area (Å²) < 4.78 is 6.17. The summed E-state index contributed by atoms with van der Waals surface area (Å²) in [6, 6.07) is 9.04. The van der Waals surface area contributed by atoms with Crippen molar-refractivity contribution in [1.29, 1.82) is 0 Å². The van der Waals surface area contributed by atoms with E-state index in [2.05, 4.69) is 20.9 Å². The molecule has 1 aromatic heterocycles. The molecule has 1 aromatic carbocycles. The number of rotatable bonds is 5. The molecule has 3 amide bonds. The van der Waals surface area contributed by atoms with Gasteiger partial charge in [-0.3, -0.25) is 9.69 Å². The summed E-state index contributed by atoms with van der Waals surface area (Å²) >= 11 is 1.43. The number of amides is 3. The van der Waals surface area contributed by atoms with Crippen LogP contribution in [0.5, 0.6) is 5.75 Å². The summed E-state index contributed by atoms with van der Waals surface area (Å²) in [5.41, 5.74) is 2.43. The lowest BCUT2D eigenvalue weighted by Gasteiger charge is -2.34. The Labute approximate surface area is 203 Å². The molecule has 6 rings (SSSR count). The first-order chi connectivity index (χ1) is 16.7. The van der Waals surface area contributed by atoms with Crippen molar-refractivity contribution in [2.24, 2.45) is 0 Å². The number of carbonyl (C=O) groups excluding carboxylic acids is 2. The molecule has 2 unspecified atom stereocenters. The average Bonchev–Trinajstić information content (AvgIpc) is 3.49. The quantitative estimate of drug-likeness (QED) is 0.606. The number of nitrogens with zero attached hydrogens (tertiary/aromatic N) is 2. The largest absolute Gasteiger partial charge is 0.490 e. The highest BCUT2D eigenvalue weighted by atomic mass is 32.2. The third kappa shape index (κ3) is 4.01. The second-order valence-electron chi connectivity index (χ2n) is 9.42. The molecule has 3 atom stereocenters. The third-order valence-electron chi connectivity index (χ3n) is 7.09. The molecule has 3 N–H and O–H groups in total. The van der Waals surface area contributed by atoms with E-state index >= 15 is 0 Å². The monoisotopic (exact) mass is 479 g/mol. The number of carbonyl (C=O) groups is 2. The number of aromatic nitrogens is 1. The molecule has 0 bridgehead atoms. The van der Waals surface area contributed by atoms with Gasteiger partial charge in [-0.25, -0.2) is 9.78 Å². The number of pyridine rings is 1. The third-order valence-corrected chi connectivity index (χ3v) is 8.38. The summed E-state index contributed by atoms with van der Waals surface area (Å²) in [6.07, 6.45) is 8.53. The zero-order valence-corrected chi connectivity index (χ0v) is 19.8. The van der Waals surface area contributed by atoms with Crippen LogP contribution in [0.2, 0.25) is 0 Å². The van der Waals surface area contributed by atoms with Crippen molar-refractivity contribution >= 4 is 35.1 Å². The molecule has 9 heteroatoms. The van der Waals surface area contributed by atoms with Gasteiger partial charge in [-0.15, -0.1) is 0 Å². The zero-order chi connectivity index (χ0) is 23.1. The van der Waals surface area contributed by atoms with E-state index in [9.17, 15) is 9.59 Å². The summed E-state index contributed by atoms with van der Waals surface area (Å²) in [7, 11) is 0. The van der Waals surface area contributed by atoms with Crippen LogP contribution in [0.1, 0.15) is 50.1 Å². The van der Waals surface area contributed by atoms with Crippen LogP contribution in [-0.2, 0) is 4.79 Å². The van der Waals surface area contributed by atoms with Gasteiger partial charge in [0.1, 0.15) is 16.0 Å². The Morgan fingerprint density at radius 1 is 1.18 bits per heavy atom. The smallest absolute Gasteiger partial charge is 0.327 e. The highest BCUT2D eigenvalue weighted by Gasteiger charge is 2.47. The van der Waals surface area contributed by atoms with Gasteiger partial charge in [-0.1, -0.05) is 17.8 Å². The van der Waals surface area contributed by atoms with Gasteiger partial charge >= 0.3 is 6.03 Å². The van der Waals surface area contributed by atoms with Crippen molar-refractivity contribution in [3.63, 3.8) is 0 Å². The van der Waals surface area contributed by atoms with Crippen molar-refractivity contribution < 1.29 is 14.3 Å². The Hall–Kier alpha value is -2.78. The van der Waals surface area contributed by atoms with Crippen LogP contribution in [-0.4, -0.2) is 47.4 Å². The molecular formula is C25H29N5O3S. The van der Waals surface area contributed by atoms with Crippen molar-refractivity contribution in [2.45, 2.75) is 67.0 Å². The predicted molar refractivity (Wildman–Crippen MR) is 131 cm³/mol. The Kier molecular flexibility index (Phi) is 5.82. The number of piperidine rings is 1. The van der Waals surface area contributed by atoms with Crippen LogP contribution in [0.4, 0.5) is 16.2 Å². The fraction of sp³-hybridized carbons (Fsp3) is 0.480. The fourth-order valence-corrected chi connectivity index (χ4v) is 6.67. The minimum Gasteiger partial charge on any atom is -0.490 e. The van der Waals surface area contributed by atoms with Gasteiger partial charge in [-0.05, 0) is 63.3 Å². The van der Waals surface area contributed by atoms with Crippen molar-refractivity contribution in [3.05, 3.63) is 42.1 Å². The van der Waals surface area contributed by atoms with E-state index in [-0.39, 0.29) is 24.1 Å². The van der Waals surface area contributed by atoms with Gasteiger partial charge in [0.2, 0.25) is 5.91 Å². The van der Waals surface area contributed by atoms with E-state index in [0.717, 1.165) is 66.5 Å². The second-order valence-corrected chi connectivity index (χ2v) is 10.6. The standard InChI is InChI=1S/C25H29N5O3S/c31-23(28-15-5-4-11-26-14-15)22-21-20-19(10-12-27-24(20)34-22)30(25(32)29-21)16-6-3-9-18(13-16)33-17-7-1-2-8-17/h3,6,9-10,12-13,15,17,21-22,26H,1-2,4-5,7-8,11,14H2,(H,28,31)(H,29,32)/t15?,21?,22-/m1/s1. The number of hydrogen-bond acceptors (Lipinski definition) is 6. The summed E-state index contributed by atoms with van der Waals surface area (Å²) in [5.74, 6) is 0.728. The van der Waals surface area contributed by atoms with Gasteiger partial charge in [0, 0.05) is 30.4 Å². The minimum absolute atomic E-state index is 0.0478. The maximum absolute atomic E-state index is 13.4. The van der Waals surface area contributed by atoms with Gasteiger partial charge < -0.3 is 20.7 Å². The van der Waals surface area contributed by atoms with Crippen LogP contribution in [0.15, 0.2) is 41.6 Å². The lowest BCUT2D eigenvalue weighted by molar-refractivity contribution is -0.121. The number of nitrogens with one attached hydrogen (secondary N) is 3. The predicted octanol–water partition coefficient (Wildman–Crippen LogP) is 3.65. The number of anilines is 2. The number of urea groups is 1. The molecule has 34 heavy (non-hydrogen) atoms. The molecular weight excluding hydrogens is 450 g/mol. The first kappa shape index (κ1) is 21.7. The highest BCUT2D eigenvalue weighted by Crippen LogP contribution is 2.50. The van der Waals surface area contributed by atoms with Crippen LogP contribution in [0.25, 0.3) is 0 Å². The molecule has 1 saturated heterocycles. The lowest BCUT2D eigenvalue weighted by Crippen LogP contribution is -2.52. The van der Waals surface area contributed by atoms with Crippen LogP contribution >= 0.6 is 11.8 Å². The zero-order valence-electron chi connectivity index (χ0n) is 19.0. The molecule has 3 aliphatic heterocycles. The molecule has 2 aromatic rings. The molecule has 0 radical (unpaired) electrons. The van der Waals surface area contributed by atoms with Gasteiger partial charge in [0.15, 0.2) is 0 Å². The van der Waals surface area contributed by atoms with E-state index in [1.807, 2.05) is 30.3 Å². The number of hydrogen-bond donors (Lipinski definition) is 3. The second kappa shape index (κ2) is 9.11. The van der Waals surface area contributed by atoms with E-state index in [0.29, 0.717) is 0 Å². The molecule has 0 spiro atoms. The van der Waals surface area contributed by atoms with E-state index in [4.69, 9.17) is 4.74 Å². The van der Waals surface area contributed by atoms with Crippen molar-refractivity contribution in [1.82, 2.24) is 20.9 Å². The first-order valence-corrected chi connectivity index (χ1v) is 13.1. The number of benzene rings is 1. The van der Waals surface area contributed by atoms with E-state index < -0.39 is 11.3 Å². The summed E-state index contributed by atoms with van der Waals surface area (Å²) in [6.45, 7) is 1.77. The topological polar surface area (TPSA) is 95.6 Å². The molecule has 1 saturated carbocycles. The molecule has 8 nitrogen and oxygen atoms in total. The van der Waals surface area contributed by atoms with Crippen molar-refractivity contribution in [3.8, 4) is 5.75 Å². The Morgan fingerprint density at radius 2 is 2.06 bits per heavy atom. The fourth-order valence-electron chi connectivity index (χ4n) is 5.43. The molecule has 178 valence electrons. The Bertz CT molecular complexity index is 1100. The van der Waals surface area contributed by atoms with Crippen LogP contribution < -0.4 is 25.6 Å². The highest BCUT2D eigenvalue weighted by molar-refractivity contribution is 8.01. The van der Waals surface area contributed by atoms with Crippen molar-refractivity contribution in [2.75, 3.05) is 18.0 Å². The maximum atomic E-state index is 13.4. The van der Waals surface area contributed by atoms with Crippen LogP contribution in [0, 0.1) is 0 Å².